The summed E-state index contributed by atoms with van der Waals surface area (Å²) in [7, 11) is 0. The van der Waals surface area contributed by atoms with Crippen molar-refractivity contribution in [3.63, 3.8) is 0 Å². The van der Waals surface area contributed by atoms with Crippen LogP contribution in [0.25, 0.3) is 0 Å². The molecule has 1 fully saturated rings. The summed E-state index contributed by atoms with van der Waals surface area (Å²) >= 11 is 0. The Morgan fingerprint density at radius 1 is 1.39 bits per heavy atom. The molecular formula is C15H22N2O. The van der Waals surface area contributed by atoms with E-state index in [1.165, 1.54) is 5.56 Å². The summed E-state index contributed by atoms with van der Waals surface area (Å²) in [4.78, 5) is 14.2. The largest absolute Gasteiger partial charge is 0.356 e. The van der Waals surface area contributed by atoms with Crippen LogP contribution in [0.5, 0.6) is 0 Å². The van der Waals surface area contributed by atoms with E-state index in [1.807, 2.05) is 6.07 Å². The van der Waals surface area contributed by atoms with Crippen molar-refractivity contribution in [1.82, 2.24) is 10.2 Å². The van der Waals surface area contributed by atoms with Crippen molar-refractivity contribution in [3.05, 3.63) is 35.9 Å². The average Bonchev–Trinajstić information content (AvgIpc) is 2.86. The molecule has 1 N–H and O–H groups in total. The Morgan fingerprint density at radius 3 is 2.89 bits per heavy atom. The molecule has 98 valence electrons. The van der Waals surface area contributed by atoms with Crippen LogP contribution in [-0.2, 0) is 11.3 Å². The molecule has 1 aliphatic heterocycles. The first-order chi connectivity index (χ1) is 8.79. The number of nitrogens with zero attached hydrogens (tertiary/aromatic N) is 1. The molecule has 1 aromatic carbocycles. The summed E-state index contributed by atoms with van der Waals surface area (Å²) in [6, 6.07) is 10.5. The van der Waals surface area contributed by atoms with Gasteiger partial charge in [0, 0.05) is 19.6 Å². The van der Waals surface area contributed by atoms with Crippen LogP contribution in [0.4, 0.5) is 0 Å². The van der Waals surface area contributed by atoms with Crippen LogP contribution >= 0.6 is 0 Å². The third kappa shape index (κ3) is 3.57. The van der Waals surface area contributed by atoms with Gasteiger partial charge in [-0.2, -0.15) is 0 Å². The molecule has 2 rings (SSSR count). The smallest absolute Gasteiger partial charge is 0.224 e. The fourth-order valence-electron chi connectivity index (χ4n) is 2.42. The van der Waals surface area contributed by atoms with Crippen molar-refractivity contribution in [2.75, 3.05) is 19.6 Å². The van der Waals surface area contributed by atoms with Gasteiger partial charge in [0.25, 0.3) is 0 Å². The van der Waals surface area contributed by atoms with Gasteiger partial charge in [0.2, 0.25) is 5.91 Å². The van der Waals surface area contributed by atoms with Gasteiger partial charge in [0.15, 0.2) is 0 Å². The number of carbonyl (C=O) groups excluding carboxylic acids is 1. The van der Waals surface area contributed by atoms with Crippen LogP contribution in [0.1, 0.15) is 25.3 Å². The maximum Gasteiger partial charge on any atom is 0.224 e. The lowest BCUT2D eigenvalue weighted by molar-refractivity contribution is -0.124. The lowest BCUT2D eigenvalue weighted by Gasteiger charge is -2.15. The standard InChI is InChI=1S/C15H22N2O/c1-2-9-16-15(18)14-8-10-17(12-14)11-13-6-4-3-5-7-13/h3-7,14H,2,8-12H2,1H3,(H,16,18). The molecule has 18 heavy (non-hydrogen) atoms. The van der Waals surface area contributed by atoms with Crippen molar-refractivity contribution < 1.29 is 4.79 Å². The third-order valence-electron chi connectivity index (χ3n) is 3.44. The van der Waals surface area contributed by atoms with Crippen molar-refractivity contribution in [2.24, 2.45) is 5.92 Å². The summed E-state index contributed by atoms with van der Waals surface area (Å²) in [5.41, 5.74) is 1.33. The first-order valence-corrected chi connectivity index (χ1v) is 6.83. The fraction of sp³-hybridized carbons (Fsp3) is 0.533. The van der Waals surface area contributed by atoms with Crippen LogP contribution in [0.2, 0.25) is 0 Å². The van der Waals surface area contributed by atoms with Gasteiger partial charge in [-0.25, -0.2) is 0 Å². The van der Waals surface area contributed by atoms with Crippen molar-refractivity contribution in [3.8, 4) is 0 Å². The summed E-state index contributed by atoms with van der Waals surface area (Å²) in [5, 5.41) is 2.99. The molecule has 1 unspecified atom stereocenters. The lowest BCUT2D eigenvalue weighted by atomic mass is 10.1. The highest BCUT2D eigenvalue weighted by atomic mass is 16.1. The zero-order valence-electron chi connectivity index (χ0n) is 11.1. The number of amides is 1. The summed E-state index contributed by atoms with van der Waals surface area (Å²) in [5.74, 6) is 0.410. The van der Waals surface area contributed by atoms with Crippen molar-refractivity contribution in [2.45, 2.75) is 26.3 Å². The highest BCUT2D eigenvalue weighted by molar-refractivity contribution is 5.79. The molecule has 0 bridgehead atoms. The highest BCUT2D eigenvalue weighted by Crippen LogP contribution is 2.18. The molecule has 0 saturated carbocycles. The molecule has 1 heterocycles. The molecule has 0 radical (unpaired) electrons. The van der Waals surface area contributed by atoms with Gasteiger partial charge >= 0.3 is 0 Å². The Labute approximate surface area is 109 Å². The van der Waals surface area contributed by atoms with Crippen LogP contribution in [-0.4, -0.2) is 30.4 Å². The number of rotatable bonds is 5. The number of nitrogens with one attached hydrogen (secondary N) is 1. The van der Waals surface area contributed by atoms with E-state index in [-0.39, 0.29) is 11.8 Å². The normalized spacial score (nSPS) is 19.9. The van der Waals surface area contributed by atoms with E-state index in [2.05, 4.69) is 41.4 Å². The minimum atomic E-state index is 0.181. The predicted octanol–water partition coefficient (Wildman–Crippen LogP) is 2.03. The van der Waals surface area contributed by atoms with Crippen molar-refractivity contribution >= 4 is 5.91 Å². The zero-order valence-corrected chi connectivity index (χ0v) is 11.1. The number of hydrogen-bond donors (Lipinski definition) is 1. The van der Waals surface area contributed by atoms with E-state index >= 15 is 0 Å². The zero-order chi connectivity index (χ0) is 12.8. The average molecular weight is 246 g/mol. The number of carbonyl (C=O) groups is 1. The fourth-order valence-corrected chi connectivity index (χ4v) is 2.42. The summed E-state index contributed by atoms with van der Waals surface area (Å²) < 4.78 is 0. The quantitative estimate of drug-likeness (QED) is 0.862. The lowest BCUT2D eigenvalue weighted by Crippen LogP contribution is -2.33. The first kappa shape index (κ1) is 13.1. The minimum absolute atomic E-state index is 0.181. The van der Waals surface area contributed by atoms with E-state index in [0.717, 1.165) is 39.0 Å². The molecule has 0 spiro atoms. The minimum Gasteiger partial charge on any atom is -0.356 e. The number of hydrogen-bond acceptors (Lipinski definition) is 2. The van der Waals surface area contributed by atoms with Gasteiger partial charge in [-0.3, -0.25) is 9.69 Å². The van der Waals surface area contributed by atoms with Gasteiger partial charge < -0.3 is 5.32 Å². The maximum absolute atomic E-state index is 11.9. The van der Waals surface area contributed by atoms with Crippen LogP contribution in [0, 0.1) is 5.92 Å². The van der Waals surface area contributed by atoms with Crippen molar-refractivity contribution in [1.29, 1.82) is 0 Å². The molecule has 1 saturated heterocycles. The topological polar surface area (TPSA) is 32.3 Å². The molecule has 1 amide bonds. The monoisotopic (exact) mass is 246 g/mol. The molecule has 0 aromatic heterocycles. The third-order valence-corrected chi connectivity index (χ3v) is 3.44. The van der Waals surface area contributed by atoms with Crippen LogP contribution in [0.15, 0.2) is 30.3 Å². The molecule has 1 atom stereocenters. The molecule has 1 aromatic rings. The van der Waals surface area contributed by atoms with E-state index in [0.29, 0.717) is 0 Å². The molecule has 3 heteroatoms. The van der Waals surface area contributed by atoms with E-state index < -0.39 is 0 Å². The Bertz CT molecular complexity index is 377. The van der Waals surface area contributed by atoms with E-state index in [4.69, 9.17) is 0 Å². The second kappa shape index (κ2) is 6.55. The Balaban J connectivity index is 1.80. The first-order valence-electron chi connectivity index (χ1n) is 6.83. The summed E-state index contributed by atoms with van der Waals surface area (Å²) in [6.45, 7) is 5.76. The number of benzene rings is 1. The Morgan fingerprint density at radius 2 is 2.17 bits per heavy atom. The van der Waals surface area contributed by atoms with Gasteiger partial charge in [-0.1, -0.05) is 37.3 Å². The van der Waals surface area contributed by atoms with Gasteiger partial charge in [-0.05, 0) is 24.9 Å². The van der Waals surface area contributed by atoms with Gasteiger partial charge in [0.1, 0.15) is 0 Å². The second-order valence-corrected chi connectivity index (χ2v) is 5.00. The van der Waals surface area contributed by atoms with Gasteiger partial charge in [0.05, 0.1) is 5.92 Å². The number of likely N-dealkylation sites (tertiary alicyclic amines) is 1. The van der Waals surface area contributed by atoms with Crippen LogP contribution in [0.3, 0.4) is 0 Å². The molecule has 0 aliphatic carbocycles. The highest BCUT2D eigenvalue weighted by Gasteiger charge is 2.27. The molecule has 3 nitrogen and oxygen atoms in total. The van der Waals surface area contributed by atoms with Crippen LogP contribution < -0.4 is 5.32 Å². The summed E-state index contributed by atoms with van der Waals surface area (Å²) in [6.07, 6.45) is 1.99. The van der Waals surface area contributed by atoms with E-state index in [9.17, 15) is 4.79 Å². The van der Waals surface area contributed by atoms with Gasteiger partial charge in [-0.15, -0.1) is 0 Å². The Hall–Kier alpha value is -1.35. The SMILES string of the molecule is CCCNC(=O)C1CCN(Cc2ccccc2)C1. The maximum atomic E-state index is 11.9. The predicted molar refractivity (Wildman–Crippen MR) is 73.1 cm³/mol. The molecule has 1 aliphatic rings. The molecular weight excluding hydrogens is 224 g/mol. The second-order valence-electron chi connectivity index (χ2n) is 5.00. The Kier molecular flexibility index (Phi) is 4.76. The van der Waals surface area contributed by atoms with E-state index in [1.54, 1.807) is 0 Å².